The first kappa shape index (κ1) is 10.4. The van der Waals surface area contributed by atoms with E-state index < -0.39 is 0 Å². The number of phenolic OH excluding ortho intramolecular Hbond substituents is 2. The van der Waals surface area contributed by atoms with E-state index in [4.69, 9.17) is 4.74 Å². The van der Waals surface area contributed by atoms with Crippen LogP contribution in [0, 0.1) is 0 Å². The van der Waals surface area contributed by atoms with Crippen LogP contribution in [0.15, 0.2) is 48.5 Å². The van der Waals surface area contributed by atoms with Crippen LogP contribution in [0.25, 0.3) is 0 Å². The van der Waals surface area contributed by atoms with Crippen molar-refractivity contribution < 1.29 is 14.9 Å². The van der Waals surface area contributed by atoms with Gasteiger partial charge in [-0.25, -0.2) is 0 Å². The highest BCUT2D eigenvalue weighted by Gasteiger charge is 2.01. The average molecular weight is 216 g/mol. The highest BCUT2D eigenvalue weighted by molar-refractivity contribution is 5.38. The zero-order valence-electron chi connectivity index (χ0n) is 8.63. The molecule has 0 saturated carbocycles. The molecule has 0 aliphatic carbocycles. The van der Waals surface area contributed by atoms with Gasteiger partial charge < -0.3 is 14.9 Å². The van der Waals surface area contributed by atoms with E-state index in [1.54, 1.807) is 42.5 Å². The second kappa shape index (κ2) is 4.57. The summed E-state index contributed by atoms with van der Waals surface area (Å²) in [7, 11) is 0. The van der Waals surface area contributed by atoms with E-state index in [1.807, 2.05) is 6.07 Å². The van der Waals surface area contributed by atoms with Crippen LogP contribution in [-0.2, 0) is 6.61 Å². The van der Waals surface area contributed by atoms with Gasteiger partial charge in [0.1, 0.15) is 12.4 Å². The van der Waals surface area contributed by atoms with Crippen LogP contribution < -0.4 is 4.74 Å². The Morgan fingerprint density at radius 1 is 0.938 bits per heavy atom. The molecule has 0 aliphatic heterocycles. The van der Waals surface area contributed by atoms with Gasteiger partial charge >= 0.3 is 0 Å². The fraction of sp³-hybridized carbons (Fsp3) is 0.0769. The van der Waals surface area contributed by atoms with Crippen LogP contribution in [0.1, 0.15) is 5.56 Å². The van der Waals surface area contributed by atoms with Gasteiger partial charge in [0.25, 0.3) is 0 Å². The zero-order valence-corrected chi connectivity index (χ0v) is 8.63. The van der Waals surface area contributed by atoms with Crippen LogP contribution in [0.2, 0.25) is 0 Å². The van der Waals surface area contributed by atoms with Crippen molar-refractivity contribution >= 4 is 0 Å². The first-order chi connectivity index (χ1) is 7.75. The smallest absolute Gasteiger partial charge is 0.161 e. The highest BCUT2D eigenvalue weighted by Crippen LogP contribution is 2.25. The Hall–Kier alpha value is -2.16. The second-order valence-corrected chi connectivity index (χ2v) is 3.43. The molecule has 0 atom stereocenters. The van der Waals surface area contributed by atoms with E-state index in [-0.39, 0.29) is 11.5 Å². The van der Waals surface area contributed by atoms with Crippen LogP contribution in [0.3, 0.4) is 0 Å². The quantitative estimate of drug-likeness (QED) is 0.829. The number of benzene rings is 2. The van der Waals surface area contributed by atoms with Gasteiger partial charge in [-0.05, 0) is 29.8 Å². The third-order valence-corrected chi connectivity index (χ3v) is 2.17. The molecular weight excluding hydrogens is 204 g/mol. The molecule has 82 valence electrons. The lowest BCUT2D eigenvalue weighted by atomic mass is 10.2. The van der Waals surface area contributed by atoms with Gasteiger partial charge in [0, 0.05) is 0 Å². The third-order valence-electron chi connectivity index (χ3n) is 2.17. The molecule has 0 saturated heterocycles. The SMILES string of the molecule is Oc1cccc(COc2ccccc2O)c1. The van der Waals surface area contributed by atoms with Gasteiger partial charge in [-0.1, -0.05) is 24.3 Å². The lowest BCUT2D eigenvalue weighted by Gasteiger charge is -2.07. The molecule has 3 nitrogen and oxygen atoms in total. The number of hydrogen-bond acceptors (Lipinski definition) is 3. The summed E-state index contributed by atoms with van der Waals surface area (Å²) < 4.78 is 5.42. The molecule has 0 bridgehead atoms. The minimum atomic E-state index is 0.114. The van der Waals surface area contributed by atoms with E-state index in [9.17, 15) is 10.2 Å². The Labute approximate surface area is 93.6 Å². The van der Waals surface area contributed by atoms with Gasteiger partial charge in [0.15, 0.2) is 11.5 Å². The van der Waals surface area contributed by atoms with E-state index in [1.165, 1.54) is 0 Å². The minimum Gasteiger partial charge on any atom is -0.508 e. The maximum Gasteiger partial charge on any atom is 0.161 e. The van der Waals surface area contributed by atoms with Crippen molar-refractivity contribution in [1.82, 2.24) is 0 Å². The molecule has 2 aromatic rings. The van der Waals surface area contributed by atoms with Crippen molar-refractivity contribution in [3.8, 4) is 17.2 Å². The van der Waals surface area contributed by atoms with E-state index in [0.29, 0.717) is 12.4 Å². The summed E-state index contributed by atoms with van der Waals surface area (Å²) in [6.07, 6.45) is 0. The van der Waals surface area contributed by atoms with Crippen molar-refractivity contribution in [3.05, 3.63) is 54.1 Å². The molecule has 0 aliphatic rings. The molecule has 2 aromatic carbocycles. The number of phenols is 2. The summed E-state index contributed by atoms with van der Waals surface area (Å²) in [5.41, 5.74) is 0.850. The van der Waals surface area contributed by atoms with Gasteiger partial charge in [0.2, 0.25) is 0 Å². The largest absolute Gasteiger partial charge is 0.508 e. The molecule has 0 amide bonds. The monoisotopic (exact) mass is 216 g/mol. The third kappa shape index (κ3) is 2.45. The average Bonchev–Trinajstić information content (AvgIpc) is 2.28. The minimum absolute atomic E-state index is 0.114. The molecule has 2 N–H and O–H groups in total. The maximum atomic E-state index is 9.47. The van der Waals surface area contributed by atoms with Gasteiger partial charge in [0.05, 0.1) is 0 Å². The summed E-state index contributed by atoms with van der Waals surface area (Å²) >= 11 is 0. The fourth-order valence-electron chi connectivity index (χ4n) is 1.39. The van der Waals surface area contributed by atoms with E-state index in [2.05, 4.69) is 0 Å². The molecule has 0 unspecified atom stereocenters. The number of para-hydroxylation sites is 2. The number of aromatic hydroxyl groups is 2. The Morgan fingerprint density at radius 3 is 2.50 bits per heavy atom. The number of ether oxygens (including phenoxy) is 1. The first-order valence-corrected chi connectivity index (χ1v) is 4.94. The van der Waals surface area contributed by atoms with Gasteiger partial charge in [-0.2, -0.15) is 0 Å². The zero-order chi connectivity index (χ0) is 11.4. The standard InChI is InChI=1S/C13H12O3/c14-11-5-3-4-10(8-11)9-16-13-7-2-1-6-12(13)15/h1-8,14-15H,9H2. The van der Waals surface area contributed by atoms with Crippen molar-refractivity contribution in [3.63, 3.8) is 0 Å². The predicted molar refractivity (Wildman–Crippen MR) is 60.5 cm³/mol. The molecule has 0 heterocycles. The van der Waals surface area contributed by atoms with Crippen LogP contribution in [0.5, 0.6) is 17.2 Å². The number of rotatable bonds is 3. The molecule has 2 rings (SSSR count). The lowest BCUT2D eigenvalue weighted by molar-refractivity contribution is 0.288. The number of hydrogen-bond donors (Lipinski definition) is 2. The molecule has 0 radical (unpaired) electrons. The Morgan fingerprint density at radius 2 is 1.75 bits per heavy atom. The molecular formula is C13H12O3. The van der Waals surface area contributed by atoms with Crippen molar-refractivity contribution in [2.75, 3.05) is 0 Å². The van der Waals surface area contributed by atoms with Crippen LogP contribution in [-0.4, -0.2) is 10.2 Å². The summed E-state index contributed by atoms with van der Waals surface area (Å²) in [6.45, 7) is 0.311. The molecule has 3 heteroatoms. The summed E-state index contributed by atoms with van der Waals surface area (Å²) in [5, 5.41) is 18.7. The summed E-state index contributed by atoms with van der Waals surface area (Å²) in [4.78, 5) is 0. The second-order valence-electron chi connectivity index (χ2n) is 3.43. The maximum absolute atomic E-state index is 9.47. The lowest BCUT2D eigenvalue weighted by Crippen LogP contribution is -1.95. The van der Waals surface area contributed by atoms with Crippen LogP contribution in [0.4, 0.5) is 0 Å². The Kier molecular flexibility index (Phi) is 2.96. The topological polar surface area (TPSA) is 49.7 Å². The summed E-state index contributed by atoms with van der Waals surface area (Å²) in [5.74, 6) is 0.756. The van der Waals surface area contributed by atoms with E-state index in [0.717, 1.165) is 5.56 Å². The van der Waals surface area contributed by atoms with E-state index >= 15 is 0 Å². The Balaban J connectivity index is 2.05. The van der Waals surface area contributed by atoms with Crippen molar-refractivity contribution in [2.45, 2.75) is 6.61 Å². The predicted octanol–water partition coefficient (Wildman–Crippen LogP) is 2.68. The summed E-state index contributed by atoms with van der Waals surface area (Å²) in [6, 6.07) is 13.6. The van der Waals surface area contributed by atoms with Crippen LogP contribution >= 0.6 is 0 Å². The Bertz CT molecular complexity index is 480. The molecule has 0 aromatic heterocycles. The van der Waals surface area contributed by atoms with Crippen molar-refractivity contribution in [2.24, 2.45) is 0 Å². The van der Waals surface area contributed by atoms with Gasteiger partial charge in [-0.15, -0.1) is 0 Å². The first-order valence-electron chi connectivity index (χ1n) is 4.94. The highest BCUT2D eigenvalue weighted by atomic mass is 16.5. The fourth-order valence-corrected chi connectivity index (χ4v) is 1.39. The molecule has 0 fully saturated rings. The van der Waals surface area contributed by atoms with Gasteiger partial charge in [-0.3, -0.25) is 0 Å². The van der Waals surface area contributed by atoms with Crippen molar-refractivity contribution in [1.29, 1.82) is 0 Å². The molecule has 0 spiro atoms. The normalized spacial score (nSPS) is 10.0. The molecule has 16 heavy (non-hydrogen) atoms.